The van der Waals surface area contributed by atoms with E-state index in [1.54, 1.807) is 0 Å². The molecule has 22 heavy (non-hydrogen) atoms. The van der Waals surface area contributed by atoms with E-state index in [-0.39, 0.29) is 16.9 Å². The first-order valence-electron chi connectivity index (χ1n) is 8.24. The summed E-state index contributed by atoms with van der Waals surface area (Å²) in [7, 11) is 0. The van der Waals surface area contributed by atoms with Gasteiger partial charge in [0.05, 0.1) is 0 Å². The molecule has 122 valence electrons. The fraction of sp³-hybridized carbons (Fsp3) is 0.632. The Morgan fingerprint density at radius 3 is 1.77 bits per heavy atom. The fourth-order valence-electron chi connectivity index (χ4n) is 2.88. The molecule has 0 aromatic heterocycles. The van der Waals surface area contributed by atoms with Gasteiger partial charge in [-0.15, -0.1) is 0 Å². The average molecular weight is 302 g/mol. The highest BCUT2D eigenvalue weighted by molar-refractivity contribution is 5.94. The molecule has 1 aliphatic heterocycles. The van der Waals surface area contributed by atoms with E-state index < -0.39 is 0 Å². The summed E-state index contributed by atoms with van der Waals surface area (Å²) >= 11 is 0. The number of amides is 1. The lowest BCUT2D eigenvalue weighted by molar-refractivity contribution is 0.0451. The minimum absolute atomic E-state index is 0.125. The largest absolute Gasteiger partial charge is 0.336 e. The number of benzene rings is 1. The van der Waals surface area contributed by atoms with E-state index in [2.05, 4.69) is 58.6 Å². The minimum atomic E-state index is 0.125. The van der Waals surface area contributed by atoms with Gasteiger partial charge in [0.1, 0.15) is 0 Å². The van der Waals surface area contributed by atoms with Crippen LogP contribution in [0.25, 0.3) is 0 Å². The number of piperazine rings is 1. The molecule has 0 N–H and O–H groups in total. The van der Waals surface area contributed by atoms with Crippen LogP contribution >= 0.6 is 0 Å². The molecule has 0 saturated carbocycles. The predicted octanol–water partition coefficient (Wildman–Crippen LogP) is 3.54. The van der Waals surface area contributed by atoms with Crippen LogP contribution in [0.15, 0.2) is 24.3 Å². The van der Waals surface area contributed by atoms with Crippen molar-refractivity contribution >= 4 is 5.91 Å². The van der Waals surface area contributed by atoms with Crippen LogP contribution < -0.4 is 0 Å². The van der Waals surface area contributed by atoms with Gasteiger partial charge in [0.15, 0.2) is 0 Å². The third kappa shape index (κ3) is 3.89. The van der Waals surface area contributed by atoms with Crippen LogP contribution in [0.5, 0.6) is 0 Å². The van der Waals surface area contributed by atoms with Crippen molar-refractivity contribution in [2.45, 2.75) is 52.5 Å². The number of hydrogen-bond acceptors (Lipinski definition) is 2. The first kappa shape index (κ1) is 17.0. The van der Waals surface area contributed by atoms with E-state index in [4.69, 9.17) is 0 Å². The van der Waals surface area contributed by atoms with E-state index in [1.807, 2.05) is 17.0 Å². The average Bonchev–Trinajstić information content (AvgIpc) is 2.45. The third-order valence-corrected chi connectivity index (χ3v) is 4.51. The van der Waals surface area contributed by atoms with Gasteiger partial charge >= 0.3 is 0 Å². The summed E-state index contributed by atoms with van der Waals surface area (Å²) in [6, 6.07) is 8.11. The highest BCUT2D eigenvalue weighted by atomic mass is 16.2. The molecule has 3 nitrogen and oxygen atoms in total. The Morgan fingerprint density at radius 2 is 1.36 bits per heavy atom. The first-order chi connectivity index (χ1) is 10.1. The van der Waals surface area contributed by atoms with Gasteiger partial charge in [0.2, 0.25) is 0 Å². The molecule has 3 heteroatoms. The molecule has 0 spiro atoms. The molecule has 0 atom stereocenters. The summed E-state index contributed by atoms with van der Waals surface area (Å²) in [6.45, 7) is 16.8. The number of hydrogen-bond donors (Lipinski definition) is 0. The van der Waals surface area contributed by atoms with Crippen LogP contribution in [-0.4, -0.2) is 47.4 Å². The molecule has 1 saturated heterocycles. The Bertz CT molecular complexity index is 512. The number of rotatable bonds is 1. The number of carbonyl (C=O) groups excluding carboxylic acids is 1. The number of carbonyl (C=O) groups is 1. The second-order valence-corrected chi connectivity index (χ2v) is 8.28. The molecule has 1 aromatic rings. The van der Waals surface area contributed by atoms with E-state index in [0.717, 1.165) is 31.7 Å². The van der Waals surface area contributed by atoms with Crippen molar-refractivity contribution in [1.29, 1.82) is 0 Å². The monoisotopic (exact) mass is 302 g/mol. The van der Waals surface area contributed by atoms with Gasteiger partial charge in [0.25, 0.3) is 5.91 Å². The van der Waals surface area contributed by atoms with Crippen molar-refractivity contribution in [3.63, 3.8) is 0 Å². The Labute approximate surface area is 135 Å². The molecule has 1 aromatic carbocycles. The van der Waals surface area contributed by atoms with Crippen LogP contribution in [0.1, 0.15) is 57.5 Å². The van der Waals surface area contributed by atoms with Crippen molar-refractivity contribution in [3.8, 4) is 0 Å². The highest BCUT2D eigenvalue weighted by Gasteiger charge is 2.28. The van der Waals surface area contributed by atoms with Gasteiger partial charge in [-0.2, -0.15) is 0 Å². The molecule has 1 aliphatic rings. The molecule has 0 aliphatic carbocycles. The van der Waals surface area contributed by atoms with Crippen molar-refractivity contribution < 1.29 is 4.79 Å². The van der Waals surface area contributed by atoms with Crippen LogP contribution in [0.2, 0.25) is 0 Å². The molecule has 0 radical (unpaired) electrons. The van der Waals surface area contributed by atoms with E-state index in [1.165, 1.54) is 5.56 Å². The third-order valence-electron chi connectivity index (χ3n) is 4.51. The van der Waals surface area contributed by atoms with Gasteiger partial charge in [-0.05, 0) is 43.9 Å². The summed E-state index contributed by atoms with van der Waals surface area (Å²) in [5.41, 5.74) is 2.38. The molecular formula is C19H30N2O. The molecular weight excluding hydrogens is 272 g/mol. The maximum atomic E-state index is 12.6. The predicted molar refractivity (Wildman–Crippen MR) is 92.4 cm³/mol. The topological polar surface area (TPSA) is 23.6 Å². The van der Waals surface area contributed by atoms with E-state index in [0.29, 0.717) is 0 Å². The first-order valence-corrected chi connectivity index (χ1v) is 8.24. The lowest BCUT2D eigenvalue weighted by atomic mass is 9.86. The van der Waals surface area contributed by atoms with Crippen LogP contribution in [0, 0.1) is 0 Å². The Balaban J connectivity index is 2.01. The SMILES string of the molecule is CC(C)(C)c1ccc(C(=O)N2CCN(C(C)(C)C)CC2)cc1. The van der Waals surface area contributed by atoms with Gasteiger partial charge in [-0.3, -0.25) is 9.69 Å². The van der Waals surface area contributed by atoms with Gasteiger partial charge in [-0.1, -0.05) is 32.9 Å². The van der Waals surface area contributed by atoms with Crippen molar-refractivity contribution in [2.24, 2.45) is 0 Å². The fourth-order valence-corrected chi connectivity index (χ4v) is 2.88. The normalized spacial score (nSPS) is 17.6. The Hall–Kier alpha value is -1.35. The molecule has 1 heterocycles. The molecule has 1 amide bonds. The minimum Gasteiger partial charge on any atom is -0.336 e. The van der Waals surface area contributed by atoms with Crippen molar-refractivity contribution in [2.75, 3.05) is 26.2 Å². The summed E-state index contributed by atoms with van der Waals surface area (Å²) in [5.74, 6) is 0.161. The zero-order chi connectivity index (χ0) is 16.5. The molecule has 1 fully saturated rings. The number of nitrogens with zero attached hydrogens (tertiary/aromatic N) is 2. The Morgan fingerprint density at radius 1 is 0.864 bits per heavy atom. The summed E-state index contributed by atoms with van der Waals surface area (Å²) < 4.78 is 0. The lowest BCUT2D eigenvalue weighted by Gasteiger charge is -2.42. The van der Waals surface area contributed by atoms with Crippen molar-refractivity contribution in [1.82, 2.24) is 9.80 Å². The maximum absolute atomic E-state index is 12.6. The summed E-state index contributed by atoms with van der Waals surface area (Å²) in [5, 5.41) is 0. The molecule has 0 unspecified atom stereocenters. The van der Waals surface area contributed by atoms with Gasteiger partial charge in [0, 0.05) is 37.3 Å². The lowest BCUT2D eigenvalue weighted by Crippen LogP contribution is -2.54. The zero-order valence-corrected chi connectivity index (χ0v) is 14.9. The van der Waals surface area contributed by atoms with Crippen LogP contribution in [-0.2, 0) is 5.41 Å². The van der Waals surface area contributed by atoms with E-state index >= 15 is 0 Å². The standard InChI is InChI=1S/C19H30N2O/c1-18(2,3)16-9-7-15(8-10-16)17(22)20-11-13-21(14-12-20)19(4,5)6/h7-10H,11-14H2,1-6H3. The second kappa shape index (κ2) is 6.04. The van der Waals surface area contributed by atoms with Gasteiger partial charge in [-0.25, -0.2) is 0 Å². The van der Waals surface area contributed by atoms with E-state index in [9.17, 15) is 4.79 Å². The van der Waals surface area contributed by atoms with Crippen LogP contribution in [0.4, 0.5) is 0 Å². The van der Waals surface area contributed by atoms with Crippen LogP contribution in [0.3, 0.4) is 0 Å². The highest BCUT2D eigenvalue weighted by Crippen LogP contribution is 2.23. The zero-order valence-electron chi connectivity index (χ0n) is 14.9. The Kier molecular flexibility index (Phi) is 4.67. The maximum Gasteiger partial charge on any atom is 0.253 e. The summed E-state index contributed by atoms with van der Waals surface area (Å²) in [6.07, 6.45) is 0. The van der Waals surface area contributed by atoms with Gasteiger partial charge < -0.3 is 4.90 Å². The molecule has 0 bridgehead atoms. The second-order valence-electron chi connectivity index (χ2n) is 8.28. The van der Waals surface area contributed by atoms with Crippen molar-refractivity contribution in [3.05, 3.63) is 35.4 Å². The molecule has 2 rings (SSSR count). The quantitative estimate of drug-likeness (QED) is 0.792. The summed E-state index contributed by atoms with van der Waals surface area (Å²) in [4.78, 5) is 17.0. The smallest absolute Gasteiger partial charge is 0.253 e.